The van der Waals surface area contributed by atoms with Crippen LogP contribution in [0.3, 0.4) is 0 Å². The van der Waals surface area contributed by atoms with Crippen molar-refractivity contribution in [3.05, 3.63) is 31.5 Å². The van der Waals surface area contributed by atoms with Gasteiger partial charge in [-0.15, -0.1) is 11.3 Å². The summed E-state index contributed by atoms with van der Waals surface area (Å²) in [7, 11) is 2.08. The van der Waals surface area contributed by atoms with Gasteiger partial charge in [0.05, 0.1) is 8.93 Å². The second-order valence-electron chi connectivity index (χ2n) is 4.64. The lowest BCUT2D eigenvalue weighted by molar-refractivity contribution is 0.574. The molecule has 0 saturated carbocycles. The van der Waals surface area contributed by atoms with Crippen LogP contribution in [0.4, 0.5) is 0 Å². The van der Waals surface area contributed by atoms with E-state index in [0.717, 1.165) is 0 Å². The Morgan fingerprint density at radius 2 is 2.12 bits per heavy atom. The molecule has 1 aliphatic rings. The highest BCUT2D eigenvalue weighted by molar-refractivity contribution is 14.1. The topological polar surface area (TPSA) is 12.0 Å². The van der Waals surface area contributed by atoms with Gasteiger partial charge in [0.15, 0.2) is 0 Å². The monoisotopic (exact) mass is 361 g/mol. The Hall–Kier alpha value is 0.130. The zero-order valence-corrected chi connectivity index (χ0v) is 13.3. The highest BCUT2D eigenvalue weighted by Gasteiger charge is 2.16. The van der Waals surface area contributed by atoms with E-state index < -0.39 is 0 Å². The summed E-state index contributed by atoms with van der Waals surface area (Å²) in [5, 5.41) is 5.78. The summed E-state index contributed by atoms with van der Waals surface area (Å²) in [6.07, 6.45) is 10.5. The number of rotatable bonds is 3. The van der Waals surface area contributed by atoms with Crippen molar-refractivity contribution in [1.82, 2.24) is 5.32 Å². The molecule has 0 bridgehead atoms. The molecule has 1 nitrogen and oxygen atoms in total. The molecule has 1 aromatic rings. The lowest BCUT2D eigenvalue weighted by Gasteiger charge is -2.21. The molecule has 0 saturated heterocycles. The molecular formula is C14H20INS. The van der Waals surface area contributed by atoms with Crippen molar-refractivity contribution in [2.75, 3.05) is 7.05 Å². The number of hydrogen-bond donors (Lipinski definition) is 1. The molecule has 3 heteroatoms. The molecule has 0 aromatic carbocycles. The summed E-state index contributed by atoms with van der Waals surface area (Å²) in [5.74, 6) is 0. The van der Waals surface area contributed by atoms with Crippen molar-refractivity contribution >= 4 is 33.9 Å². The summed E-state index contributed by atoms with van der Waals surface area (Å²) < 4.78 is 1.38. The summed E-state index contributed by atoms with van der Waals surface area (Å²) in [6.45, 7) is 0. The predicted octanol–water partition coefficient (Wildman–Crippen LogP) is 4.89. The Kier molecular flexibility index (Phi) is 5.50. The van der Waals surface area contributed by atoms with Gasteiger partial charge in [-0.3, -0.25) is 0 Å². The van der Waals surface area contributed by atoms with E-state index in [1.807, 2.05) is 11.3 Å². The zero-order valence-electron chi connectivity index (χ0n) is 10.3. The third-order valence-corrected chi connectivity index (χ3v) is 5.21. The van der Waals surface area contributed by atoms with Crippen LogP contribution in [-0.2, 0) is 0 Å². The number of allylic oxidation sites excluding steroid dienone is 1. The number of likely N-dealkylation sites (N-methyl/N-ethyl adjacent to an activating group) is 1. The van der Waals surface area contributed by atoms with Gasteiger partial charge in [-0.1, -0.05) is 24.5 Å². The van der Waals surface area contributed by atoms with Gasteiger partial charge in [-0.05, 0) is 72.3 Å². The van der Waals surface area contributed by atoms with Crippen LogP contribution in [0.1, 0.15) is 50.1 Å². The largest absolute Gasteiger partial charge is 0.310 e. The second kappa shape index (κ2) is 6.90. The Morgan fingerprint density at radius 1 is 1.29 bits per heavy atom. The molecule has 2 rings (SSSR count). The molecule has 1 atom stereocenters. The first-order valence-corrected chi connectivity index (χ1v) is 8.37. The summed E-state index contributed by atoms with van der Waals surface area (Å²) in [4.78, 5) is 0. The van der Waals surface area contributed by atoms with Gasteiger partial charge in [-0.2, -0.15) is 0 Å². The minimum absolute atomic E-state index is 0.438. The molecule has 0 aliphatic heterocycles. The van der Waals surface area contributed by atoms with Crippen LogP contribution < -0.4 is 5.32 Å². The van der Waals surface area contributed by atoms with Crippen LogP contribution in [-0.4, -0.2) is 7.05 Å². The average molecular weight is 361 g/mol. The third kappa shape index (κ3) is 3.80. The predicted molar refractivity (Wildman–Crippen MR) is 84.6 cm³/mol. The normalized spacial score (nSPS) is 19.3. The Balaban J connectivity index is 2.16. The first kappa shape index (κ1) is 13.6. The van der Waals surface area contributed by atoms with Gasteiger partial charge in [0.2, 0.25) is 0 Å². The van der Waals surface area contributed by atoms with Gasteiger partial charge >= 0.3 is 0 Å². The fourth-order valence-corrected chi connectivity index (χ4v) is 3.92. The maximum absolute atomic E-state index is 3.48. The molecule has 1 unspecified atom stereocenters. The number of halogens is 1. The maximum atomic E-state index is 3.48. The number of thiophene rings is 1. The highest BCUT2D eigenvalue weighted by Crippen LogP contribution is 2.31. The van der Waals surface area contributed by atoms with Crippen molar-refractivity contribution in [2.24, 2.45) is 0 Å². The van der Waals surface area contributed by atoms with Crippen molar-refractivity contribution in [1.29, 1.82) is 0 Å². The third-order valence-electron chi connectivity index (χ3n) is 3.41. The molecule has 1 aliphatic carbocycles. The molecular weight excluding hydrogens is 341 g/mol. The van der Waals surface area contributed by atoms with Gasteiger partial charge in [0.1, 0.15) is 0 Å². The van der Waals surface area contributed by atoms with E-state index >= 15 is 0 Å². The molecule has 0 fully saturated rings. The Labute approximate surface area is 122 Å². The van der Waals surface area contributed by atoms with E-state index in [1.54, 1.807) is 5.57 Å². The van der Waals surface area contributed by atoms with Gasteiger partial charge in [0.25, 0.3) is 0 Å². The Bertz CT molecular complexity index is 383. The lowest BCUT2D eigenvalue weighted by Crippen LogP contribution is -2.18. The fourth-order valence-electron chi connectivity index (χ4n) is 2.52. The molecule has 0 amide bonds. The molecule has 1 heterocycles. The van der Waals surface area contributed by atoms with Crippen LogP contribution >= 0.6 is 33.9 Å². The van der Waals surface area contributed by atoms with Gasteiger partial charge in [-0.25, -0.2) is 0 Å². The van der Waals surface area contributed by atoms with Crippen molar-refractivity contribution in [2.45, 2.75) is 44.6 Å². The average Bonchev–Trinajstić information content (AvgIpc) is 2.68. The van der Waals surface area contributed by atoms with Crippen LogP contribution in [0.25, 0.3) is 0 Å². The minimum atomic E-state index is 0.438. The first-order valence-electron chi connectivity index (χ1n) is 6.41. The maximum Gasteiger partial charge on any atom is 0.0656 e. The molecule has 1 N–H and O–H groups in total. The van der Waals surface area contributed by atoms with Crippen molar-refractivity contribution in [3.8, 4) is 0 Å². The lowest BCUT2D eigenvalue weighted by atomic mass is 9.92. The van der Waals surface area contributed by atoms with Gasteiger partial charge in [0, 0.05) is 0 Å². The zero-order chi connectivity index (χ0) is 12.1. The van der Waals surface area contributed by atoms with Crippen LogP contribution in [0.5, 0.6) is 0 Å². The van der Waals surface area contributed by atoms with E-state index in [0.29, 0.717) is 6.04 Å². The van der Waals surface area contributed by atoms with Crippen molar-refractivity contribution in [3.63, 3.8) is 0 Å². The van der Waals surface area contributed by atoms with Crippen LogP contribution in [0.2, 0.25) is 0 Å². The van der Waals surface area contributed by atoms with E-state index in [-0.39, 0.29) is 0 Å². The van der Waals surface area contributed by atoms with Crippen LogP contribution in [0.15, 0.2) is 23.1 Å². The quantitative estimate of drug-likeness (QED) is 0.597. The molecule has 17 heavy (non-hydrogen) atoms. The summed E-state index contributed by atoms with van der Waals surface area (Å²) in [6, 6.07) is 2.75. The van der Waals surface area contributed by atoms with E-state index in [1.165, 1.54) is 47.0 Å². The number of hydrogen-bond acceptors (Lipinski definition) is 2. The highest BCUT2D eigenvalue weighted by atomic mass is 127. The smallest absolute Gasteiger partial charge is 0.0656 e. The SMILES string of the molecule is CNC(C1=CCCCCCC1)c1csc(I)c1. The minimum Gasteiger partial charge on any atom is -0.310 e. The summed E-state index contributed by atoms with van der Waals surface area (Å²) in [5.41, 5.74) is 3.04. The van der Waals surface area contributed by atoms with E-state index in [2.05, 4.69) is 52.5 Å². The fraction of sp³-hybridized carbons (Fsp3) is 0.571. The summed E-state index contributed by atoms with van der Waals surface area (Å²) >= 11 is 4.25. The van der Waals surface area contributed by atoms with Crippen LogP contribution in [0, 0.1) is 2.88 Å². The standard InChI is InChI=1S/C14H20INS/c1-16-14(12-9-13(15)17-10-12)11-7-5-3-2-4-6-8-11/h7,9-10,14,16H,2-6,8H2,1H3. The van der Waals surface area contributed by atoms with E-state index in [4.69, 9.17) is 0 Å². The van der Waals surface area contributed by atoms with E-state index in [9.17, 15) is 0 Å². The number of nitrogens with one attached hydrogen (secondary N) is 1. The Morgan fingerprint density at radius 3 is 2.82 bits per heavy atom. The first-order chi connectivity index (χ1) is 8.31. The molecule has 0 spiro atoms. The molecule has 0 radical (unpaired) electrons. The van der Waals surface area contributed by atoms with Crippen molar-refractivity contribution < 1.29 is 0 Å². The van der Waals surface area contributed by atoms with Gasteiger partial charge < -0.3 is 5.32 Å². The molecule has 1 aromatic heterocycles. The molecule has 94 valence electrons. The second-order valence-corrected chi connectivity index (χ2v) is 7.44.